The fourth-order valence-corrected chi connectivity index (χ4v) is 3.95. The zero-order valence-electron chi connectivity index (χ0n) is 16.8. The molecule has 1 aliphatic rings. The van der Waals surface area contributed by atoms with E-state index in [1.807, 2.05) is 49.4 Å². The average molecular weight is 402 g/mol. The summed E-state index contributed by atoms with van der Waals surface area (Å²) in [5.74, 6) is -0.648. The highest BCUT2D eigenvalue weighted by atomic mass is 19.1. The van der Waals surface area contributed by atoms with Crippen molar-refractivity contribution in [2.24, 2.45) is 0 Å². The quantitative estimate of drug-likeness (QED) is 0.623. The van der Waals surface area contributed by atoms with E-state index < -0.39 is 6.04 Å². The van der Waals surface area contributed by atoms with Crippen molar-refractivity contribution in [1.82, 2.24) is 4.90 Å². The number of para-hydroxylation sites is 1. The summed E-state index contributed by atoms with van der Waals surface area (Å²) in [4.78, 5) is 27.7. The summed E-state index contributed by atoms with van der Waals surface area (Å²) >= 11 is 0. The van der Waals surface area contributed by atoms with Crippen LogP contribution in [0.4, 0.5) is 10.1 Å². The van der Waals surface area contributed by atoms with E-state index in [9.17, 15) is 14.0 Å². The number of carbonyl (C=O) groups is 2. The molecule has 2 amide bonds. The Labute approximate surface area is 175 Å². The number of nitrogens with one attached hydrogen (secondary N) is 1. The number of fused-ring (bicyclic) bond motifs is 1. The summed E-state index contributed by atoms with van der Waals surface area (Å²) in [5, 5.41) is 2.98. The number of carbonyl (C=O) groups excluding carboxylic acids is 2. The van der Waals surface area contributed by atoms with Crippen molar-refractivity contribution >= 4 is 17.5 Å². The molecule has 5 heteroatoms. The smallest absolute Gasteiger partial charge is 0.255 e. The Kier molecular flexibility index (Phi) is 5.61. The second kappa shape index (κ2) is 8.49. The Bertz CT molecular complexity index is 1080. The van der Waals surface area contributed by atoms with Crippen LogP contribution in [-0.4, -0.2) is 16.7 Å². The molecule has 0 aromatic heterocycles. The van der Waals surface area contributed by atoms with Crippen LogP contribution in [0.2, 0.25) is 0 Å². The first-order valence-electron chi connectivity index (χ1n) is 10.1. The lowest BCUT2D eigenvalue weighted by atomic mass is 10.0. The number of aryl methyl sites for hydroxylation is 1. The van der Waals surface area contributed by atoms with E-state index in [2.05, 4.69) is 5.32 Å². The van der Waals surface area contributed by atoms with E-state index in [0.717, 1.165) is 28.8 Å². The number of nitrogens with zero attached hydrogens (tertiary/aromatic N) is 1. The molecule has 0 radical (unpaired) electrons. The van der Waals surface area contributed by atoms with Crippen LogP contribution in [0.5, 0.6) is 0 Å². The van der Waals surface area contributed by atoms with Crippen LogP contribution in [0.15, 0.2) is 72.8 Å². The number of anilines is 1. The van der Waals surface area contributed by atoms with Gasteiger partial charge in [-0.3, -0.25) is 9.59 Å². The van der Waals surface area contributed by atoms with Crippen LogP contribution >= 0.6 is 0 Å². The lowest BCUT2D eigenvalue weighted by Crippen LogP contribution is -2.32. The molecule has 0 saturated heterocycles. The standard InChI is InChI=1S/C25H23FN2O2/c1-2-17-7-4-6-10-22(17)27-24(29)15-23(18-11-13-20(26)14-12-18)28-16-19-8-3-5-9-21(19)25(28)30/h3-14,23H,2,15-16H2,1H3,(H,27,29). The van der Waals surface area contributed by atoms with Gasteiger partial charge in [0.15, 0.2) is 0 Å². The van der Waals surface area contributed by atoms with Gasteiger partial charge in [0.2, 0.25) is 5.91 Å². The molecule has 0 fully saturated rings. The van der Waals surface area contributed by atoms with Gasteiger partial charge in [-0.1, -0.05) is 55.5 Å². The number of rotatable bonds is 6. The van der Waals surface area contributed by atoms with Crippen molar-refractivity contribution in [2.75, 3.05) is 5.32 Å². The van der Waals surface area contributed by atoms with Crippen molar-refractivity contribution < 1.29 is 14.0 Å². The topological polar surface area (TPSA) is 49.4 Å². The van der Waals surface area contributed by atoms with Gasteiger partial charge in [-0.2, -0.15) is 0 Å². The highest BCUT2D eigenvalue weighted by molar-refractivity contribution is 5.99. The summed E-state index contributed by atoms with van der Waals surface area (Å²) in [7, 11) is 0. The van der Waals surface area contributed by atoms with Gasteiger partial charge in [-0.05, 0) is 47.4 Å². The second-order valence-electron chi connectivity index (χ2n) is 7.42. The molecule has 1 N–H and O–H groups in total. The van der Waals surface area contributed by atoms with Gasteiger partial charge in [-0.15, -0.1) is 0 Å². The predicted molar refractivity (Wildman–Crippen MR) is 115 cm³/mol. The van der Waals surface area contributed by atoms with E-state index >= 15 is 0 Å². The van der Waals surface area contributed by atoms with Gasteiger partial charge in [0.25, 0.3) is 5.91 Å². The summed E-state index contributed by atoms with van der Waals surface area (Å²) in [6.07, 6.45) is 0.890. The molecule has 1 unspecified atom stereocenters. The first-order valence-corrected chi connectivity index (χ1v) is 10.1. The first kappa shape index (κ1) is 19.8. The minimum atomic E-state index is -0.487. The zero-order valence-corrected chi connectivity index (χ0v) is 16.8. The maximum Gasteiger partial charge on any atom is 0.255 e. The molecule has 0 bridgehead atoms. The second-order valence-corrected chi connectivity index (χ2v) is 7.42. The van der Waals surface area contributed by atoms with Crippen LogP contribution in [0.25, 0.3) is 0 Å². The average Bonchev–Trinajstić information content (AvgIpc) is 3.10. The lowest BCUT2D eigenvalue weighted by Gasteiger charge is -2.28. The van der Waals surface area contributed by atoms with Crippen molar-refractivity contribution in [1.29, 1.82) is 0 Å². The number of hydrogen-bond acceptors (Lipinski definition) is 2. The van der Waals surface area contributed by atoms with Gasteiger partial charge >= 0.3 is 0 Å². The third kappa shape index (κ3) is 3.96. The molecule has 1 aliphatic heterocycles. The molecule has 152 valence electrons. The Balaban J connectivity index is 1.61. The summed E-state index contributed by atoms with van der Waals surface area (Å²) in [6.45, 7) is 2.46. The Morgan fingerprint density at radius 3 is 2.47 bits per heavy atom. The highest BCUT2D eigenvalue weighted by Crippen LogP contribution is 2.34. The Morgan fingerprint density at radius 1 is 1.03 bits per heavy atom. The van der Waals surface area contributed by atoms with Crippen LogP contribution < -0.4 is 5.32 Å². The molecular formula is C25H23FN2O2. The third-order valence-electron chi connectivity index (χ3n) is 5.53. The number of hydrogen-bond donors (Lipinski definition) is 1. The molecule has 1 heterocycles. The molecule has 0 aliphatic carbocycles. The molecule has 1 atom stereocenters. The van der Waals surface area contributed by atoms with Gasteiger partial charge in [0.05, 0.1) is 12.5 Å². The molecular weight excluding hydrogens is 379 g/mol. The van der Waals surface area contributed by atoms with Gasteiger partial charge in [-0.25, -0.2) is 4.39 Å². The summed E-state index contributed by atoms with van der Waals surface area (Å²) in [5.41, 5.74) is 4.15. The summed E-state index contributed by atoms with van der Waals surface area (Å²) in [6, 6.07) is 20.7. The monoisotopic (exact) mass is 402 g/mol. The van der Waals surface area contributed by atoms with Gasteiger partial charge in [0, 0.05) is 17.8 Å². The maximum absolute atomic E-state index is 13.5. The summed E-state index contributed by atoms with van der Waals surface area (Å²) < 4.78 is 13.5. The third-order valence-corrected chi connectivity index (χ3v) is 5.53. The number of amides is 2. The molecule has 0 spiro atoms. The Morgan fingerprint density at radius 2 is 1.73 bits per heavy atom. The van der Waals surface area contributed by atoms with Crippen LogP contribution in [0, 0.1) is 5.82 Å². The van der Waals surface area contributed by atoms with E-state index in [1.165, 1.54) is 12.1 Å². The van der Waals surface area contributed by atoms with E-state index in [1.54, 1.807) is 23.1 Å². The largest absolute Gasteiger partial charge is 0.327 e. The first-order chi connectivity index (χ1) is 14.6. The van der Waals surface area contributed by atoms with Crippen molar-refractivity contribution in [3.05, 3.63) is 101 Å². The fraction of sp³-hybridized carbons (Fsp3) is 0.200. The van der Waals surface area contributed by atoms with E-state index in [-0.39, 0.29) is 24.1 Å². The van der Waals surface area contributed by atoms with Crippen molar-refractivity contribution in [2.45, 2.75) is 32.4 Å². The van der Waals surface area contributed by atoms with Crippen LogP contribution in [0.3, 0.4) is 0 Å². The van der Waals surface area contributed by atoms with Crippen LogP contribution in [0.1, 0.15) is 46.4 Å². The SMILES string of the molecule is CCc1ccccc1NC(=O)CC(c1ccc(F)cc1)N1Cc2ccccc2C1=O. The molecule has 4 rings (SSSR count). The van der Waals surface area contributed by atoms with E-state index in [4.69, 9.17) is 0 Å². The number of benzene rings is 3. The normalized spacial score (nSPS) is 13.8. The molecule has 3 aromatic carbocycles. The van der Waals surface area contributed by atoms with E-state index in [0.29, 0.717) is 12.1 Å². The zero-order chi connectivity index (χ0) is 21.1. The highest BCUT2D eigenvalue weighted by Gasteiger charge is 2.34. The lowest BCUT2D eigenvalue weighted by molar-refractivity contribution is -0.117. The molecule has 0 saturated carbocycles. The molecule has 30 heavy (non-hydrogen) atoms. The van der Waals surface area contributed by atoms with Gasteiger partial charge in [0.1, 0.15) is 5.82 Å². The molecule has 3 aromatic rings. The van der Waals surface area contributed by atoms with Crippen molar-refractivity contribution in [3.63, 3.8) is 0 Å². The minimum Gasteiger partial charge on any atom is -0.327 e. The fourth-order valence-electron chi connectivity index (χ4n) is 3.95. The minimum absolute atomic E-state index is 0.0867. The van der Waals surface area contributed by atoms with Crippen LogP contribution in [-0.2, 0) is 17.8 Å². The van der Waals surface area contributed by atoms with Crippen molar-refractivity contribution in [3.8, 4) is 0 Å². The predicted octanol–water partition coefficient (Wildman–Crippen LogP) is 5.11. The Hall–Kier alpha value is -3.47. The number of halogens is 1. The maximum atomic E-state index is 13.5. The van der Waals surface area contributed by atoms with Gasteiger partial charge < -0.3 is 10.2 Å². The molecule has 4 nitrogen and oxygen atoms in total.